The second-order valence-electron chi connectivity index (χ2n) is 4.84. The van der Waals surface area contributed by atoms with Crippen molar-refractivity contribution in [2.24, 2.45) is 0 Å². The van der Waals surface area contributed by atoms with Crippen LogP contribution in [0.3, 0.4) is 0 Å². The van der Waals surface area contributed by atoms with Gasteiger partial charge in [0.05, 0.1) is 16.7 Å². The highest BCUT2D eigenvalue weighted by Crippen LogP contribution is 2.27. The second-order valence-corrected chi connectivity index (χ2v) is 5.22. The summed E-state index contributed by atoms with van der Waals surface area (Å²) >= 11 is 5.81. The van der Waals surface area contributed by atoms with E-state index in [1.165, 1.54) is 18.2 Å². The molecule has 1 heterocycles. The topological polar surface area (TPSA) is 17.8 Å². The van der Waals surface area contributed by atoms with Gasteiger partial charge in [0.1, 0.15) is 17.5 Å². The number of hydrogen-bond acceptors (Lipinski definition) is 1. The monoisotopic (exact) mass is 306 g/mol. The summed E-state index contributed by atoms with van der Waals surface area (Å²) < 4.78 is 29.5. The molecular formula is C16H13ClF2N2. The fourth-order valence-electron chi connectivity index (χ4n) is 2.51. The van der Waals surface area contributed by atoms with E-state index in [-0.39, 0.29) is 11.6 Å². The van der Waals surface area contributed by atoms with Crippen LogP contribution in [-0.4, -0.2) is 15.4 Å². The van der Waals surface area contributed by atoms with Gasteiger partial charge in [-0.2, -0.15) is 0 Å². The zero-order valence-electron chi connectivity index (χ0n) is 11.4. The van der Waals surface area contributed by atoms with Gasteiger partial charge in [0.2, 0.25) is 0 Å². The molecule has 21 heavy (non-hydrogen) atoms. The van der Waals surface area contributed by atoms with Crippen LogP contribution in [-0.2, 0) is 6.42 Å². The van der Waals surface area contributed by atoms with Gasteiger partial charge in [-0.15, -0.1) is 11.6 Å². The van der Waals surface area contributed by atoms with E-state index < -0.39 is 0 Å². The molecule has 0 fully saturated rings. The van der Waals surface area contributed by atoms with Gasteiger partial charge < -0.3 is 0 Å². The zero-order chi connectivity index (χ0) is 15.0. The summed E-state index contributed by atoms with van der Waals surface area (Å²) in [5.74, 6) is 0.238. The van der Waals surface area contributed by atoms with Crippen LogP contribution in [0, 0.1) is 18.6 Å². The Morgan fingerprint density at radius 1 is 1.19 bits per heavy atom. The van der Waals surface area contributed by atoms with E-state index >= 15 is 0 Å². The Morgan fingerprint density at radius 2 is 2.00 bits per heavy atom. The zero-order valence-corrected chi connectivity index (χ0v) is 12.2. The predicted molar refractivity (Wildman–Crippen MR) is 80.1 cm³/mol. The minimum Gasteiger partial charge on any atom is -0.293 e. The smallest absolute Gasteiger partial charge is 0.147 e. The number of hydrogen-bond donors (Lipinski definition) is 0. The Balaban J connectivity index is 2.38. The molecule has 0 saturated heterocycles. The third-order valence-corrected chi connectivity index (χ3v) is 3.61. The maximum absolute atomic E-state index is 14.3. The van der Waals surface area contributed by atoms with E-state index in [1.54, 1.807) is 16.7 Å². The van der Waals surface area contributed by atoms with Gasteiger partial charge in [0.25, 0.3) is 0 Å². The SMILES string of the molecule is Cc1cccc(F)c1-n1c(CCCl)nc2ccc(F)cc21. The summed E-state index contributed by atoms with van der Waals surface area (Å²) in [7, 11) is 0. The van der Waals surface area contributed by atoms with Gasteiger partial charge in [-0.3, -0.25) is 4.57 Å². The number of nitrogens with zero attached hydrogens (tertiary/aromatic N) is 2. The van der Waals surface area contributed by atoms with Gasteiger partial charge in [-0.25, -0.2) is 13.8 Å². The van der Waals surface area contributed by atoms with Crippen molar-refractivity contribution in [3.8, 4) is 5.69 Å². The van der Waals surface area contributed by atoms with Gasteiger partial charge in [0.15, 0.2) is 0 Å². The quantitative estimate of drug-likeness (QED) is 0.656. The van der Waals surface area contributed by atoms with Crippen LogP contribution in [0.1, 0.15) is 11.4 Å². The lowest BCUT2D eigenvalue weighted by Crippen LogP contribution is -2.06. The van der Waals surface area contributed by atoms with Crippen LogP contribution in [0.25, 0.3) is 16.7 Å². The van der Waals surface area contributed by atoms with Crippen LogP contribution in [0.5, 0.6) is 0 Å². The molecule has 0 aliphatic heterocycles. The van der Waals surface area contributed by atoms with Gasteiger partial charge in [0, 0.05) is 18.4 Å². The molecule has 0 spiro atoms. The van der Waals surface area contributed by atoms with Crippen molar-refractivity contribution in [3.05, 3.63) is 59.4 Å². The number of fused-ring (bicyclic) bond motifs is 1. The summed E-state index contributed by atoms with van der Waals surface area (Å²) in [5, 5.41) is 0. The molecule has 108 valence electrons. The molecule has 0 N–H and O–H groups in total. The molecule has 3 rings (SSSR count). The number of alkyl halides is 1. The summed E-state index contributed by atoms with van der Waals surface area (Å²) in [6.45, 7) is 1.81. The van der Waals surface area contributed by atoms with Gasteiger partial charge in [-0.05, 0) is 30.7 Å². The lowest BCUT2D eigenvalue weighted by Gasteiger charge is -2.12. The standard InChI is InChI=1S/C16H13ClF2N2/c1-10-3-2-4-12(19)16(10)21-14-9-11(18)5-6-13(14)20-15(21)7-8-17/h2-6,9H,7-8H2,1H3. The molecule has 1 aromatic heterocycles. The van der Waals surface area contributed by atoms with E-state index in [9.17, 15) is 8.78 Å². The Morgan fingerprint density at radius 3 is 2.71 bits per heavy atom. The van der Waals surface area contributed by atoms with Crippen molar-refractivity contribution in [1.82, 2.24) is 9.55 Å². The molecule has 0 unspecified atom stereocenters. The summed E-state index contributed by atoms with van der Waals surface area (Å²) in [5.41, 5.74) is 2.32. The molecule has 0 saturated carbocycles. The normalized spacial score (nSPS) is 11.2. The lowest BCUT2D eigenvalue weighted by molar-refractivity contribution is 0.614. The molecule has 0 atom stereocenters. The highest BCUT2D eigenvalue weighted by atomic mass is 35.5. The third-order valence-electron chi connectivity index (χ3n) is 3.42. The van der Waals surface area contributed by atoms with Crippen molar-refractivity contribution >= 4 is 22.6 Å². The molecule has 0 radical (unpaired) electrons. The van der Waals surface area contributed by atoms with E-state index in [4.69, 9.17) is 11.6 Å². The summed E-state index contributed by atoms with van der Waals surface area (Å²) in [6.07, 6.45) is 0.478. The number of benzene rings is 2. The number of rotatable bonds is 3. The van der Waals surface area contributed by atoms with E-state index in [2.05, 4.69) is 4.98 Å². The van der Waals surface area contributed by atoms with Gasteiger partial charge in [-0.1, -0.05) is 12.1 Å². The Labute approximate surface area is 126 Å². The Bertz CT molecular complexity index is 791. The number of imidazole rings is 1. The van der Waals surface area contributed by atoms with E-state index in [0.29, 0.717) is 34.8 Å². The largest absolute Gasteiger partial charge is 0.293 e. The molecule has 0 aliphatic carbocycles. The van der Waals surface area contributed by atoms with E-state index in [0.717, 1.165) is 5.56 Å². The molecular weight excluding hydrogens is 294 g/mol. The minimum absolute atomic E-state index is 0.360. The first-order valence-electron chi connectivity index (χ1n) is 6.60. The number of aryl methyl sites for hydroxylation is 2. The molecule has 2 nitrogen and oxygen atoms in total. The van der Waals surface area contributed by atoms with Crippen LogP contribution in [0.4, 0.5) is 8.78 Å². The maximum Gasteiger partial charge on any atom is 0.147 e. The first-order valence-corrected chi connectivity index (χ1v) is 7.13. The van der Waals surface area contributed by atoms with Crippen LogP contribution in [0.2, 0.25) is 0 Å². The fourth-order valence-corrected chi connectivity index (χ4v) is 2.68. The second kappa shape index (κ2) is 5.45. The van der Waals surface area contributed by atoms with Crippen molar-refractivity contribution in [2.75, 3.05) is 5.88 Å². The Kier molecular flexibility index (Phi) is 3.64. The first-order chi connectivity index (χ1) is 10.1. The van der Waals surface area contributed by atoms with Crippen molar-refractivity contribution in [1.29, 1.82) is 0 Å². The molecule has 0 amide bonds. The average molecular weight is 307 g/mol. The highest BCUT2D eigenvalue weighted by Gasteiger charge is 2.17. The van der Waals surface area contributed by atoms with E-state index in [1.807, 2.05) is 13.0 Å². The van der Waals surface area contributed by atoms with Crippen LogP contribution in [0.15, 0.2) is 36.4 Å². The van der Waals surface area contributed by atoms with Crippen molar-refractivity contribution in [3.63, 3.8) is 0 Å². The number of aromatic nitrogens is 2. The molecule has 3 aromatic rings. The molecule has 2 aromatic carbocycles. The van der Waals surface area contributed by atoms with Crippen LogP contribution >= 0.6 is 11.6 Å². The first kappa shape index (κ1) is 14.0. The summed E-state index contributed by atoms with van der Waals surface area (Å²) in [6, 6.07) is 9.15. The fraction of sp³-hybridized carbons (Fsp3) is 0.188. The van der Waals surface area contributed by atoms with Crippen molar-refractivity contribution < 1.29 is 8.78 Å². The molecule has 0 bridgehead atoms. The van der Waals surface area contributed by atoms with Crippen LogP contribution < -0.4 is 0 Å². The minimum atomic E-state index is -0.380. The van der Waals surface area contributed by atoms with Gasteiger partial charge >= 0.3 is 0 Å². The van der Waals surface area contributed by atoms with Crippen molar-refractivity contribution in [2.45, 2.75) is 13.3 Å². The molecule has 5 heteroatoms. The molecule has 0 aliphatic rings. The maximum atomic E-state index is 14.3. The number of para-hydroxylation sites is 1. The predicted octanol–water partition coefficient (Wildman–Crippen LogP) is 4.39. The average Bonchev–Trinajstić information content (AvgIpc) is 2.77. The lowest BCUT2D eigenvalue weighted by atomic mass is 10.1. The highest BCUT2D eigenvalue weighted by molar-refractivity contribution is 6.17. The Hall–Kier alpha value is -1.94. The number of halogens is 3. The third kappa shape index (κ3) is 2.40. The summed E-state index contributed by atoms with van der Waals surface area (Å²) in [4.78, 5) is 4.45.